The molecule has 0 saturated heterocycles. The molecular formula is C11H16N2. The first-order valence-corrected chi connectivity index (χ1v) is 4.97. The van der Waals surface area contributed by atoms with Crippen LogP contribution in [0.3, 0.4) is 0 Å². The minimum atomic E-state index is 1.09. The lowest BCUT2D eigenvalue weighted by molar-refractivity contribution is 0.265. The molecule has 0 spiro atoms. The molecule has 1 aliphatic rings. The predicted molar refractivity (Wildman–Crippen MR) is 53.6 cm³/mol. The molecule has 2 heteroatoms. The number of rotatable bonds is 1. The maximum Gasteiger partial charge on any atom is 0.0463 e. The molecule has 0 bridgehead atoms. The van der Waals surface area contributed by atoms with Gasteiger partial charge in [0.05, 0.1) is 0 Å². The Labute approximate surface area is 79.6 Å². The van der Waals surface area contributed by atoms with Crippen LogP contribution in [0.1, 0.15) is 23.7 Å². The molecule has 2 nitrogen and oxygen atoms in total. The molecule has 2 heterocycles. The molecule has 0 aromatic carbocycles. The Hall–Kier alpha value is -0.890. The maximum atomic E-state index is 4.42. The number of pyridine rings is 1. The number of hydrogen-bond acceptors (Lipinski definition) is 2. The second-order valence-electron chi connectivity index (χ2n) is 3.67. The van der Waals surface area contributed by atoms with Gasteiger partial charge in [0.25, 0.3) is 0 Å². The van der Waals surface area contributed by atoms with E-state index < -0.39 is 0 Å². The van der Waals surface area contributed by atoms with E-state index in [2.05, 4.69) is 29.8 Å². The third kappa shape index (κ3) is 1.59. The van der Waals surface area contributed by atoms with Crippen LogP contribution in [0.4, 0.5) is 0 Å². The predicted octanol–water partition coefficient (Wildman–Crippen LogP) is 1.77. The van der Waals surface area contributed by atoms with Crippen molar-refractivity contribution in [3.63, 3.8) is 0 Å². The fourth-order valence-corrected chi connectivity index (χ4v) is 1.91. The van der Waals surface area contributed by atoms with Gasteiger partial charge in [0.15, 0.2) is 0 Å². The fourth-order valence-electron chi connectivity index (χ4n) is 1.91. The quantitative estimate of drug-likeness (QED) is 0.648. The topological polar surface area (TPSA) is 16.1 Å². The van der Waals surface area contributed by atoms with Crippen molar-refractivity contribution in [1.29, 1.82) is 0 Å². The van der Waals surface area contributed by atoms with Crippen molar-refractivity contribution in [2.45, 2.75) is 26.8 Å². The molecule has 70 valence electrons. The molecule has 0 N–H and O–H groups in total. The van der Waals surface area contributed by atoms with Crippen LogP contribution in [0.5, 0.6) is 0 Å². The monoisotopic (exact) mass is 176 g/mol. The van der Waals surface area contributed by atoms with Gasteiger partial charge in [-0.1, -0.05) is 6.92 Å². The zero-order chi connectivity index (χ0) is 9.26. The first kappa shape index (κ1) is 8.70. The van der Waals surface area contributed by atoms with E-state index in [-0.39, 0.29) is 0 Å². The van der Waals surface area contributed by atoms with Gasteiger partial charge in [-0.2, -0.15) is 0 Å². The third-order valence-corrected chi connectivity index (χ3v) is 2.87. The van der Waals surface area contributed by atoms with E-state index in [1.165, 1.54) is 23.4 Å². The number of nitrogens with zero attached hydrogens (tertiary/aromatic N) is 2. The van der Waals surface area contributed by atoms with Crippen molar-refractivity contribution in [2.24, 2.45) is 0 Å². The summed E-state index contributed by atoms with van der Waals surface area (Å²) in [5.41, 5.74) is 4.16. The highest BCUT2D eigenvalue weighted by Crippen LogP contribution is 2.19. The first-order valence-electron chi connectivity index (χ1n) is 4.97. The van der Waals surface area contributed by atoms with E-state index in [9.17, 15) is 0 Å². The second kappa shape index (κ2) is 3.46. The minimum absolute atomic E-state index is 1.09. The zero-order valence-corrected chi connectivity index (χ0v) is 8.38. The Kier molecular flexibility index (Phi) is 2.32. The van der Waals surface area contributed by atoms with Gasteiger partial charge in [-0.3, -0.25) is 9.88 Å². The van der Waals surface area contributed by atoms with Crippen molar-refractivity contribution in [2.75, 3.05) is 13.1 Å². The number of aromatic nitrogens is 1. The van der Waals surface area contributed by atoms with Crippen molar-refractivity contribution < 1.29 is 0 Å². The Balaban J connectivity index is 2.32. The number of fused-ring (bicyclic) bond motifs is 1. The van der Waals surface area contributed by atoms with E-state index in [0.29, 0.717) is 0 Å². The number of aryl methyl sites for hydroxylation is 1. The van der Waals surface area contributed by atoms with E-state index in [1.54, 1.807) is 0 Å². The van der Waals surface area contributed by atoms with Crippen molar-refractivity contribution in [3.05, 3.63) is 29.1 Å². The standard InChI is InChI=1S/C11H16N2/c1-3-13-7-5-11-10(8-13)9(2)4-6-12-11/h4,6H,3,5,7-8H2,1-2H3. The maximum absolute atomic E-state index is 4.42. The molecule has 0 atom stereocenters. The molecule has 0 aliphatic carbocycles. The van der Waals surface area contributed by atoms with Gasteiger partial charge in [-0.25, -0.2) is 0 Å². The zero-order valence-electron chi connectivity index (χ0n) is 8.38. The van der Waals surface area contributed by atoms with Gasteiger partial charge >= 0.3 is 0 Å². The van der Waals surface area contributed by atoms with Crippen LogP contribution in [0.15, 0.2) is 12.3 Å². The van der Waals surface area contributed by atoms with Crippen LogP contribution in [0.25, 0.3) is 0 Å². The Morgan fingerprint density at radius 3 is 3.15 bits per heavy atom. The number of hydrogen-bond donors (Lipinski definition) is 0. The molecule has 2 rings (SSSR count). The normalized spacial score (nSPS) is 17.1. The van der Waals surface area contributed by atoms with Crippen molar-refractivity contribution in [3.8, 4) is 0 Å². The molecule has 0 unspecified atom stereocenters. The Morgan fingerprint density at radius 1 is 1.54 bits per heavy atom. The highest BCUT2D eigenvalue weighted by Gasteiger charge is 2.16. The SMILES string of the molecule is CCN1CCc2nccc(C)c2C1. The molecule has 1 aliphatic heterocycles. The minimum Gasteiger partial charge on any atom is -0.299 e. The van der Waals surface area contributed by atoms with E-state index in [4.69, 9.17) is 0 Å². The molecule has 13 heavy (non-hydrogen) atoms. The van der Waals surface area contributed by atoms with Crippen LogP contribution >= 0.6 is 0 Å². The summed E-state index contributed by atoms with van der Waals surface area (Å²) in [5.74, 6) is 0. The summed E-state index contributed by atoms with van der Waals surface area (Å²) >= 11 is 0. The smallest absolute Gasteiger partial charge is 0.0463 e. The molecule has 1 aromatic rings. The van der Waals surface area contributed by atoms with Crippen molar-refractivity contribution in [1.82, 2.24) is 9.88 Å². The number of likely N-dealkylation sites (N-methyl/N-ethyl adjacent to an activating group) is 1. The summed E-state index contributed by atoms with van der Waals surface area (Å²) in [6.07, 6.45) is 3.04. The average molecular weight is 176 g/mol. The van der Waals surface area contributed by atoms with Gasteiger partial charge in [-0.15, -0.1) is 0 Å². The third-order valence-electron chi connectivity index (χ3n) is 2.87. The van der Waals surface area contributed by atoms with E-state index in [0.717, 1.165) is 19.5 Å². The molecular weight excluding hydrogens is 160 g/mol. The largest absolute Gasteiger partial charge is 0.299 e. The van der Waals surface area contributed by atoms with Gasteiger partial charge < -0.3 is 0 Å². The average Bonchev–Trinajstić information content (AvgIpc) is 2.18. The van der Waals surface area contributed by atoms with Crippen LogP contribution in [0.2, 0.25) is 0 Å². The van der Waals surface area contributed by atoms with Crippen molar-refractivity contribution >= 4 is 0 Å². The van der Waals surface area contributed by atoms with Crippen LogP contribution in [-0.2, 0) is 13.0 Å². The lowest BCUT2D eigenvalue weighted by Crippen LogP contribution is -2.31. The van der Waals surface area contributed by atoms with E-state index in [1.807, 2.05) is 6.20 Å². The molecule has 0 amide bonds. The highest BCUT2D eigenvalue weighted by atomic mass is 15.1. The second-order valence-corrected chi connectivity index (χ2v) is 3.67. The lowest BCUT2D eigenvalue weighted by atomic mass is 10.0. The van der Waals surface area contributed by atoms with Crippen LogP contribution in [-0.4, -0.2) is 23.0 Å². The summed E-state index contributed by atoms with van der Waals surface area (Å²) in [6.45, 7) is 7.80. The molecule has 0 fully saturated rings. The molecule has 0 saturated carbocycles. The Bertz CT molecular complexity index is 307. The fraction of sp³-hybridized carbons (Fsp3) is 0.545. The van der Waals surface area contributed by atoms with Gasteiger partial charge in [-0.05, 0) is 30.7 Å². The summed E-state index contributed by atoms with van der Waals surface area (Å²) in [6, 6.07) is 2.11. The molecule has 1 aromatic heterocycles. The highest BCUT2D eigenvalue weighted by molar-refractivity contribution is 5.30. The first-order chi connectivity index (χ1) is 6.31. The van der Waals surface area contributed by atoms with E-state index >= 15 is 0 Å². The van der Waals surface area contributed by atoms with Gasteiger partial charge in [0.1, 0.15) is 0 Å². The summed E-state index contributed by atoms with van der Waals surface area (Å²) in [5, 5.41) is 0. The summed E-state index contributed by atoms with van der Waals surface area (Å²) in [4.78, 5) is 6.89. The Morgan fingerprint density at radius 2 is 2.38 bits per heavy atom. The van der Waals surface area contributed by atoms with Crippen LogP contribution in [0, 0.1) is 6.92 Å². The summed E-state index contributed by atoms with van der Waals surface area (Å²) < 4.78 is 0. The molecule has 0 radical (unpaired) electrons. The lowest BCUT2D eigenvalue weighted by Gasteiger charge is -2.27. The van der Waals surface area contributed by atoms with Gasteiger partial charge in [0.2, 0.25) is 0 Å². The summed E-state index contributed by atoms with van der Waals surface area (Å²) in [7, 11) is 0. The van der Waals surface area contributed by atoms with Gasteiger partial charge in [0, 0.05) is 31.4 Å². The van der Waals surface area contributed by atoms with Crippen LogP contribution < -0.4 is 0 Å².